The average Bonchev–Trinajstić information content (AvgIpc) is 3.19. The quantitative estimate of drug-likeness (QED) is 0.845. The van der Waals surface area contributed by atoms with Crippen molar-refractivity contribution in [1.29, 1.82) is 0 Å². The fourth-order valence-electron chi connectivity index (χ4n) is 4.41. The number of likely N-dealkylation sites (tertiary alicyclic amines) is 2. The second-order valence-electron chi connectivity index (χ2n) is 7.79. The Hall–Kier alpha value is -2.21. The summed E-state index contributed by atoms with van der Waals surface area (Å²) in [4.78, 5) is 26.3. The summed E-state index contributed by atoms with van der Waals surface area (Å²) in [6.07, 6.45) is 8.66. The van der Waals surface area contributed by atoms with Crippen LogP contribution in [0.4, 0.5) is 0 Å². The third kappa shape index (κ3) is 3.14. The van der Waals surface area contributed by atoms with Gasteiger partial charge in [-0.2, -0.15) is 0 Å². The molecule has 2 aliphatic heterocycles. The lowest BCUT2D eigenvalue weighted by molar-refractivity contribution is -0.146. The predicted molar refractivity (Wildman–Crippen MR) is 99.2 cm³/mol. The highest BCUT2D eigenvalue weighted by molar-refractivity contribution is 5.84. The first-order valence-corrected chi connectivity index (χ1v) is 9.45. The van der Waals surface area contributed by atoms with E-state index < -0.39 is 0 Å². The van der Waals surface area contributed by atoms with Gasteiger partial charge in [0.05, 0.1) is 11.1 Å². The van der Waals surface area contributed by atoms with Gasteiger partial charge in [0.25, 0.3) is 0 Å². The van der Waals surface area contributed by atoms with Crippen molar-refractivity contribution >= 4 is 5.91 Å². The van der Waals surface area contributed by atoms with Crippen LogP contribution >= 0.6 is 0 Å². The average molecular weight is 353 g/mol. The predicted octanol–water partition coefficient (Wildman–Crippen LogP) is 2.14. The molecule has 2 aromatic rings. The summed E-state index contributed by atoms with van der Waals surface area (Å²) in [6.45, 7) is 6.27. The fourth-order valence-corrected chi connectivity index (χ4v) is 4.41. The van der Waals surface area contributed by atoms with Crippen molar-refractivity contribution in [2.45, 2.75) is 39.3 Å². The largest absolute Gasteiger partial charge is 0.338 e. The van der Waals surface area contributed by atoms with Gasteiger partial charge in [0, 0.05) is 51.8 Å². The number of hydrogen-bond acceptors (Lipinski definition) is 4. The van der Waals surface area contributed by atoms with Crippen LogP contribution in [0.2, 0.25) is 0 Å². The number of hydrogen-bond donors (Lipinski definition) is 0. The number of pyridine rings is 1. The van der Waals surface area contributed by atoms with Gasteiger partial charge >= 0.3 is 0 Å². The minimum Gasteiger partial charge on any atom is -0.338 e. The molecule has 1 spiro atoms. The van der Waals surface area contributed by atoms with Gasteiger partial charge in [-0.3, -0.25) is 14.7 Å². The number of imidazole rings is 1. The van der Waals surface area contributed by atoms with Crippen LogP contribution in [0.1, 0.15) is 36.3 Å². The Morgan fingerprint density at radius 1 is 1.19 bits per heavy atom. The maximum absolute atomic E-state index is 13.3. The van der Waals surface area contributed by atoms with Crippen molar-refractivity contribution in [2.75, 3.05) is 19.6 Å². The van der Waals surface area contributed by atoms with Crippen LogP contribution in [-0.4, -0.2) is 49.9 Å². The molecule has 4 heterocycles. The highest BCUT2D eigenvalue weighted by atomic mass is 16.2. The van der Waals surface area contributed by atoms with Gasteiger partial charge in [-0.1, -0.05) is 6.07 Å². The number of piperidine rings is 1. The van der Waals surface area contributed by atoms with E-state index in [1.807, 2.05) is 36.4 Å². The van der Waals surface area contributed by atoms with E-state index >= 15 is 0 Å². The number of carbonyl (C=O) groups is 1. The first-order valence-electron chi connectivity index (χ1n) is 9.45. The zero-order chi connectivity index (χ0) is 18.1. The lowest BCUT2D eigenvalue weighted by atomic mass is 9.78. The molecule has 0 N–H and O–H groups in total. The van der Waals surface area contributed by atoms with Crippen molar-refractivity contribution in [2.24, 2.45) is 12.5 Å². The van der Waals surface area contributed by atoms with Crippen LogP contribution in [0.15, 0.2) is 30.7 Å². The summed E-state index contributed by atoms with van der Waals surface area (Å²) in [5, 5.41) is 0. The van der Waals surface area contributed by atoms with E-state index in [1.165, 1.54) is 5.69 Å². The molecule has 0 saturated carbocycles. The molecular weight excluding hydrogens is 326 g/mol. The van der Waals surface area contributed by atoms with Crippen LogP contribution < -0.4 is 0 Å². The zero-order valence-corrected chi connectivity index (χ0v) is 15.7. The van der Waals surface area contributed by atoms with Gasteiger partial charge in [-0.25, -0.2) is 4.98 Å². The highest BCUT2D eigenvalue weighted by Gasteiger charge is 2.48. The Balaban J connectivity index is 1.44. The van der Waals surface area contributed by atoms with Crippen molar-refractivity contribution in [3.8, 4) is 0 Å². The van der Waals surface area contributed by atoms with E-state index in [2.05, 4.69) is 26.5 Å². The number of aromatic nitrogens is 3. The van der Waals surface area contributed by atoms with E-state index in [0.717, 1.165) is 56.8 Å². The Morgan fingerprint density at radius 2 is 2.08 bits per heavy atom. The second-order valence-corrected chi connectivity index (χ2v) is 7.79. The molecule has 2 fully saturated rings. The van der Waals surface area contributed by atoms with E-state index in [-0.39, 0.29) is 5.41 Å². The number of carbonyl (C=O) groups excluding carboxylic acids is 1. The summed E-state index contributed by atoms with van der Waals surface area (Å²) < 4.78 is 2.14. The van der Waals surface area contributed by atoms with Crippen molar-refractivity contribution in [3.05, 3.63) is 47.8 Å². The SMILES string of the molecule is Cc1ncc(CN2CCC3(CCCN(Cc4cccnc4)C3=O)C2)n1C. The lowest BCUT2D eigenvalue weighted by Gasteiger charge is -2.39. The van der Waals surface area contributed by atoms with E-state index in [4.69, 9.17) is 0 Å². The van der Waals surface area contributed by atoms with Crippen LogP contribution in [0.25, 0.3) is 0 Å². The molecule has 0 radical (unpaired) electrons. The summed E-state index contributed by atoms with van der Waals surface area (Å²) in [7, 11) is 2.06. The highest BCUT2D eigenvalue weighted by Crippen LogP contribution is 2.40. The third-order valence-electron chi connectivity index (χ3n) is 6.06. The Labute approximate surface area is 154 Å². The third-order valence-corrected chi connectivity index (χ3v) is 6.06. The van der Waals surface area contributed by atoms with Crippen molar-refractivity contribution in [1.82, 2.24) is 24.3 Å². The number of amides is 1. The zero-order valence-electron chi connectivity index (χ0n) is 15.7. The van der Waals surface area contributed by atoms with E-state index in [1.54, 1.807) is 6.20 Å². The normalized spacial score (nSPS) is 23.9. The summed E-state index contributed by atoms with van der Waals surface area (Å²) >= 11 is 0. The van der Waals surface area contributed by atoms with Crippen LogP contribution in [-0.2, 0) is 24.9 Å². The molecule has 2 aliphatic rings. The molecule has 0 aliphatic carbocycles. The van der Waals surface area contributed by atoms with Crippen molar-refractivity contribution < 1.29 is 4.79 Å². The molecule has 2 aromatic heterocycles. The van der Waals surface area contributed by atoms with E-state index in [9.17, 15) is 4.79 Å². The summed E-state index contributed by atoms with van der Waals surface area (Å²) in [5.74, 6) is 1.36. The van der Waals surface area contributed by atoms with Gasteiger partial charge in [0.1, 0.15) is 5.82 Å². The summed E-state index contributed by atoms with van der Waals surface area (Å²) in [5.41, 5.74) is 2.13. The molecule has 4 rings (SSSR count). The molecule has 1 unspecified atom stereocenters. The molecule has 6 heteroatoms. The molecule has 6 nitrogen and oxygen atoms in total. The Bertz CT molecular complexity index is 787. The van der Waals surface area contributed by atoms with E-state index in [0.29, 0.717) is 12.5 Å². The molecule has 0 aromatic carbocycles. The van der Waals surface area contributed by atoms with Gasteiger partial charge in [0.15, 0.2) is 0 Å². The Kier molecular flexibility index (Phi) is 4.53. The molecule has 138 valence electrons. The van der Waals surface area contributed by atoms with Gasteiger partial charge < -0.3 is 9.47 Å². The molecule has 1 amide bonds. The van der Waals surface area contributed by atoms with Gasteiger partial charge in [0.2, 0.25) is 5.91 Å². The summed E-state index contributed by atoms with van der Waals surface area (Å²) in [6, 6.07) is 3.99. The van der Waals surface area contributed by atoms with Crippen LogP contribution in [0.5, 0.6) is 0 Å². The minimum atomic E-state index is -0.200. The molecule has 1 atom stereocenters. The minimum absolute atomic E-state index is 0.200. The molecule has 0 bridgehead atoms. The van der Waals surface area contributed by atoms with Crippen LogP contribution in [0, 0.1) is 12.3 Å². The smallest absolute Gasteiger partial charge is 0.230 e. The monoisotopic (exact) mass is 353 g/mol. The molecule has 2 saturated heterocycles. The first kappa shape index (κ1) is 17.2. The van der Waals surface area contributed by atoms with Crippen LogP contribution in [0.3, 0.4) is 0 Å². The lowest BCUT2D eigenvalue weighted by Crippen LogP contribution is -2.49. The Morgan fingerprint density at radius 3 is 2.81 bits per heavy atom. The molecule has 26 heavy (non-hydrogen) atoms. The topological polar surface area (TPSA) is 54.3 Å². The standard InChI is InChI=1S/C20H27N5O/c1-16-22-12-18(23(16)2)14-24-10-7-20(15-24)6-4-9-25(19(20)26)13-17-5-3-8-21-11-17/h3,5,8,11-12H,4,6-7,9-10,13-15H2,1-2H3. The number of aryl methyl sites for hydroxylation is 1. The second kappa shape index (κ2) is 6.83. The maximum atomic E-state index is 13.3. The fraction of sp³-hybridized carbons (Fsp3) is 0.550. The molecular formula is C20H27N5O. The maximum Gasteiger partial charge on any atom is 0.230 e. The van der Waals surface area contributed by atoms with Gasteiger partial charge in [-0.15, -0.1) is 0 Å². The van der Waals surface area contributed by atoms with Gasteiger partial charge in [-0.05, 0) is 44.4 Å². The first-order chi connectivity index (χ1) is 12.6. The van der Waals surface area contributed by atoms with Crippen molar-refractivity contribution in [3.63, 3.8) is 0 Å². The number of nitrogens with zero attached hydrogens (tertiary/aromatic N) is 5. The number of rotatable bonds is 4.